The summed E-state index contributed by atoms with van der Waals surface area (Å²) >= 11 is 0. The molecule has 0 radical (unpaired) electrons. The average Bonchev–Trinajstić information content (AvgIpc) is 2.64. The maximum atomic E-state index is 12.1. The molecule has 2 aromatic carbocycles. The molecule has 0 aliphatic carbocycles. The summed E-state index contributed by atoms with van der Waals surface area (Å²) in [7, 11) is 0. The monoisotopic (exact) mass is 355 g/mol. The standard InChI is InChI=1S/C21H25NO4/c23-18-8-6-16(7-9-18)10-12-22-13-11-19(24)21(15-22,20(25)26)14-17-4-2-1-3-5-17/h1-9,19,23-24H,10-15H2,(H,25,26)/t19-,21-/m0/s1. The molecule has 0 spiro atoms. The van der Waals surface area contributed by atoms with Crippen molar-refractivity contribution >= 4 is 5.97 Å². The van der Waals surface area contributed by atoms with Crippen LogP contribution in [0.5, 0.6) is 5.75 Å². The quantitative estimate of drug-likeness (QED) is 0.741. The summed E-state index contributed by atoms with van der Waals surface area (Å²) in [5.74, 6) is -0.703. The summed E-state index contributed by atoms with van der Waals surface area (Å²) in [5, 5.41) is 29.9. The zero-order chi connectivity index (χ0) is 18.6. The minimum absolute atomic E-state index is 0.239. The maximum absolute atomic E-state index is 12.1. The highest BCUT2D eigenvalue weighted by molar-refractivity contribution is 5.76. The largest absolute Gasteiger partial charge is 0.508 e. The Bertz CT molecular complexity index is 731. The van der Waals surface area contributed by atoms with Crippen molar-refractivity contribution in [1.82, 2.24) is 4.90 Å². The highest BCUT2D eigenvalue weighted by atomic mass is 16.4. The lowest BCUT2D eigenvalue weighted by Crippen LogP contribution is -2.57. The van der Waals surface area contributed by atoms with E-state index in [4.69, 9.17) is 0 Å². The van der Waals surface area contributed by atoms with Gasteiger partial charge in [-0.25, -0.2) is 0 Å². The fraction of sp³-hybridized carbons (Fsp3) is 0.381. The Kier molecular flexibility index (Phi) is 5.59. The van der Waals surface area contributed by atoms with E-state index in [1.165, 1.54) is 0 Å². The molecule has 1 saturated heterocycles. The van der Waals surface area contributed by atoms with Crippen molar-refractivity contribution in [2.75, 3.05) is 19.6 Å². The molecule has 0 saturated carbocycles. The van der Waals surface area contributed by atoms with Gasteiger partial charge in [-0.05, 0) is 42.5 Å². The first kappa shape index (κ1) is 18.4. The van der Waals surface area contributed by atoms with Crippen LogP contribution in [0.2, 0.25) is 0 Å². The number of carboxylic acid groups (broad SMARTS) is 1. The highest BCUT2D eigenvalue weighted by Crippen LogP contribution is 2.34. The lowest BCUT2D eigenvalue weighted by molar-refractivity contribution is -0.163. The van der Waals surface area contributed by atoms with Crippen LogP contribution in [0, 0.1) is 5.41 Å². The number of phenols is 1. The first-order valence-electron chi connectivity index (χ1n) is 8.95. The van der Waals surface area contributed by atoms with Crippen molar-refractivity contribution in [3.63, 3.8) is 0 Å². The molecule has 0 bridgehead atoms. The number of piperidine rings is 1. The number of aliphatic hydroxyl groups excluding tert-OH is 1. The molecule has 0 aromatic heterocycles. The molecule has 3 rings (SSSR count). The number of aromatic hydroxyl groups is 1. The van der Waals surface area contributed by atoms with E-state index in [0.717, 1.165) is 24.1 Å². The van der Waals surface area contributed by atoms with Crippen LogP contribution in [-0.2, 0) is 17.6 Å². The summed E-state index contributed by atoms with van der Waals surface area (Å²) in [6, 6.07) is 16.6. The number of carbonyl (C=O) groups is 1. The van der Waals surface area contributed by atoms with Crippen LogP contribution >= 0.6 is 0 Å². The van der Waals surface area contributed by atoms with E-state index in [1.807, 2.05) is 42.5 Å². The Balaban J connectivity index is 1.72. The minimum Gasteiger partial charge on any atom is -0.508 e. The molecule has 5 heteroatoms. The van der Waals surface area contributed by atoms with Crippen molar-refractivity contribution in [3.05, 3.63) is 65.7 Å². The van der Waals surface area contributed by atoms with E-state index >= 15 is 0 Å². The molecule has 26 heavy (non-hydrogen) atoms. The predicted octanol–water partition coefficient (Wildman–Crippen LogP) is 2.32. The van der Waals surface area contributed by atoms with Crippen molar-refractivity contribution < 1.29 is 20.1 Å². The fourth-order valence-electron chi connectivity index (χ4n) is 3.72. The van der Waals surface area contributed by atoms with Gasteiger partial charge in [0.05, 0.1) is 6.10 Å². The second-order valence-electron chi connectivity index (χ2n) is 7.12. The number of nitrogens with zero attached hydrogens (tertiary/aromatic N) is 1. The predicted molar refractivity (Wildman–Crippen MR) is 99.1 cm³/mol. The second kappa shape index (κ2) is 7.89. The second-order valence-corrected chi connectivity index (χ2v) is 7.12. The molecular formula is C21H25NO4. The topological polar surface area (TPSA) is 81.0 Å². The van der Waals surface area contributed by atoms with Gasteiger partial charge in [-0.1, -0.05) is 42.5 Å². The number of rotatable bonds is 6. The zero-order valence-corrected chi connectivity index (χ0v) is 14.7. The maximum Gasteiger partial charge on any atom is 0.313 e. The number of likely N-dealkylation sites (tertiary alicyclic amines) is 1. The Morgan fingerprint density at radius 3 is 2.42 bits per heavy atom. The minimum atomic E-state index is -1.19. The van der Waals surface area contributed by atoms with Gasteiger partial charge in [-0.15, -0.1) is 0 Å². The molecule has 5 nitrogen and oxygen atoms in total. The SMILES string of the molecule is O=C(O)[C@@]1(Cc2ccccc2)CN(CCc2ccc(O)cc2)CC[C@@H]1O. The van der Waals surface area contributed by atoms with Gasteiger partial charge >= 0.3 is 5.97 Å². The van der Waals surface area contributed by atoms with Crippen molar-refractivity contribution in [2.24, 2.45) is 5.41 Å². The van der Waals surface area contributed by atoms with Gasteiger partial charge < -0.3 is 20.2 Å². The average molecular weight is 355 g/mol. The van der Waals surface area contributed by atoms with Gasteiger partial charge in [0.15, 0.2) is 0 Å². The van der Waals surface area contributed by atoms with E-state index in [0.29, 0.717) is 25.9 Å². The van der Waals surface area contributed by atoms with Gasteiger partial charge in [0.1, 0.15) is 11.2 Å². The van der Waals surface area contributed by atoms with Crippen LogP contribution in [0.25, 0.3) is 0 Å². The lowest BCUT2D eigenvalue weighted by atomic mass is 9.73. The van der Waals surface area contributed by atoms with Crippen molar-refractivity contribution in [2.45, 2.75) is 25.4 Å². The molecule has 2 atom stereocenters. The van der Waals surface area contributed by atoms with Crippen molar-refractivity contribution in [1.29, 1.82) is 0 Å². The Labute approximate surface area is 153 Å². The Morgan fingerprint density at radius 2 is 1.77 bits per heavy atom. The third kappa shape index (κ3) is 4.06. The normalized spacial score (nSPS) is 23.7. The summed E-state index contributed by atoms with van der Waals surface area (Å²) in [6.07, 6.45) is 0.691. The van der Waals surface area contributed by atoms with Crippen molar-refractivity contribution in [3.8, 4) is 5.75 Å². The fourth-order valence-corrected chi connectivity index (χ4v) is 3.72. The molecule has 0 unspecified atom stereocenters. The van der Waals surface area contributed by atoms with Crippen LogP contribution in [0.3, 0.4) is 0 Å². The molecule has 1 aliphatic rings. The van der Waals surface area contributed by atoms with E-state index in [1.54, 1.807) is 12.1 Å². The first-order chi connectivity index (χ1) is 12.5. The molecular weight excluding hydrogens is 330 g/mol. The number of benzene rings is 2. The third-order valence-corrected chi connectivity index (χ3v) is 5.30. The van der Waals surface area contributed by atoms with Crippen LogP contribution in [0.15, 0.2) is 54.6 Å². The number of hydrogen-bond acceptors (Lipinski definition) is 4. The van der Waals surface area contributed by atoms with Crippen LogP contribution < -0.4 is 0 Å². The number of phenolic OH excluding ortho intramolecular Hbond substituents is 1. The van der Waals surface area contributed by atoms with Crippen LogP contribution in [0.1, 0.15) is 17.5 Å². The van der Waals surface area contributed by atoms with E-state index < -0.39 is 17.5 Å². The molecule has 138 valence electrons. The van der Waals surface area contributed by atoms with Crippen LogP contribution in [-0.4, -0.2) is 51.9 Å². The van der Waals surface area contributed by atoms with Gasteiger partial charge in [0, 0.05) is 19.6 Å². The summed E-state index contributed by atoms with van der Waals surface area (Å²) < 4.78 is 0. The van der Waals surface area contributed by atoms with Gasteiger partial charge in [0.25, 0.3) is 0 Å². The number of aliphatic hydroxyl groups is 1. The molecule has 2 aromatic rings. The molecule has 1 heterocycles. The van der Waals surface area contributed by atoms with Gasteiger partial charge in [-0.3, -0.25) is 4.79 Å². The smallest absolute Gasteiger partial charge is 0.313 e. The van der Waals surface area contributed by atoms with Gasteiger partial charge in [0.2, 0.25) is 0 Å². The van der Waals surface area contributed by atoms with E-state index in [-0.39, 0.29) is 5.75 Å². The Hall–Kier alpha value is -2.37. The molecule has 1 aliphatic heterocycles. The van der Waals surface area contributed by atoms with Gasteiger partial charge in [-0.2, -0.15) is 0 Å². The summed E-state index contributed by atoms with van der Waals surface area (Å²) in [6.45, 7) is 1.74. The lowest BCUT2D eigenvalue weighted by Gasteiger charge is -2.43. The third-order valence-electron chi connectivity index (χ3n) is 5.30. The van der Waals surface area contributed by atoms with E-state index in [2.05, 4.69) is 4.90 Å². The summed E-state index contributed by atoms with van der Waals surface area (Å²) in [5.41, 5.74) is 0.835. The zero-order valence-electron chi connectivity index (χ0n) is 14.7. The summed E-state index contributed by atoms with van der Waals surface area (Å²) in [4.78, 5) is 14.3. The number of aliphatic carboxylic acids is 1. The Morgan fingerprint density at radius 1 is 1.08 bits per heavy atom. The highest BCUT2D eigenvalue weighted by Gasteiger charge is 2.49. The number of carboxylic acids is 1. The van der Waals surface area contributed by atoms with Crippen LogP contribution in [0.4, 0.5) is 0 Å². The molecule has 3 N–H and O–H groups in total. The molecule has 0 amide bonds. The van der Waals surface area contributed by atoms with E-state index in [9.17, 15) is 20.1 Å². The molecule has 1 fully saturated rings. The number of hydrogen-bond donors (Lipinski definition) is 3. The first-order valence-corrected chi connectivity index (χ1v) is 8.95.